The fourth-order valence-corrected chi connectivity index (χ4v) is 2.22. The lowest BCUT2D eigenvalue weighted by atomic mass is 10.0. The molecule has 3 N–H and O–H groups in total. The molecule has 2 rings (SSSR count). The molecule has 0 unspecified atom stereocenters. The molecule has 0 saturated carbocycles. The van der Waals surface area contributed by atoms with Crippen molar-refractivity contribution in [2.24, 2.45) is 0 Å². The molecular weight excluding hydrogens is 340 g/mol. The number of nitrogens with one attached hydrogen (secondary N) is 3. The summed E-state index contributed by atoms with van der Waals surface area (Å²) in [5.74, 6) is -1.32. The molecule has 9 nitrogen and oxygen atoms in total. The van der Waals surface area contributed by atoms with Gasteiger partial charge in [-0.15, -0.1) is 0 Å². The maximum absolute atomic E-state index is 12.1. The molecule has 0 fully saturated rings. The zero-order valence-corrected chi connectivity index (χ0v) is 14.9. The number of oxazole rings is 1. The van der Waals surface area contributed by atoms with E-state index in [1.165, 1.54) is 40.6 Å². The summed E-state index contributed by atoms with van der Waals surface area (Å²) < 4.78 is 10.5. The Morgan fingerprint density at radius 1 is 1.19 bits per heavy atom. The van der Waals surface area contributed by atoms with Crippen molar-refractivity contribution < 1.29 is 23.5 Å². The molecule has 1 aromatic carbocycles. The number of amides is 3. The van der Waals surface area contributed by atoms with E-state index >= 15 is 0 Å². The number of nitrogens with zero attached hydrogens (tertiary/aromatic N) is 1. The van der Waals surface area contributed by atoms with E-state index in [1.807, 2.05) is 0 Å². The van der Waals surface area contributed by atoms with Crippen LogP contribution >= 0.6 is 0 Å². The smallest absolute Gasteiger partial charge is 0.313 e. The van der Waals surface area contributed by atoms with Crippen LogP contribution in [-0.4, -0.2) is 42.4 Å². The topological polar surface area (TPSA) is 123 Å². The molecule has 1 heterocycles. The Balaban J connectivity index is 2.12. The number of carbonyl (C=O) groups excluding carboxylic acids is 3. The van der Waals surface area contributed by atoms with E-state index in [9.17, 15) is 14.4 Å². The molecule has 3 amide bonds. The molecule has 0 aliphatic heterocycles. The van der Waals surface area contributed by atoms with E-state index in [-0.39, 0.29) is 0 Å². The van der Waals surface area contributed by atoms with Crippen LogP contribution in [0.15, 0.2) is 35.2 Å². The van der Waals surface area contributed by atoms with Crippen molar-refractivity contribution in [2.75, 3.05) is 19.5 Å². The van der Waals surface area contributed by atoms with Gasteiger partial charge in [0, 0.05) is 18.8 Å². The van der Waals surface area contributed by atoms with Crippen LogP contribution in [0.25, 0.3) is 11.3 Å². The lowest BCUT2D eigenvalue weighted by molar-refractivity contribution is -0.139. The van der Waals surface area contributed by atoms with Gasteiger partial charge >= 0.3 is 11.8 Å². The van der Waals surface area contributed by atoms with Crippen LogP contribution in [0.2, 0.25) is 0 Å². The summed E-state index contributed by atoms with van der Waals surface area (Å²) in [6.07, 6.45) is 2.83. The maximum Gasteiger partial charge on any atom is 0.313 e. The van der Waals surface area contributed by atoms with Crippen LogP contribution in [0.1, 0.15) is 13.8 Å². The van der Waals surface area contributed by atoms with E-state index < -0.39 is 23.3 Å². The molecular formula is C17H20N4O5. The summed E-state index contributed by atoms with van der Waals surface area (Å²) in [5, 5.41) is 7.25. The molecule has 0 aliphatic rings. The average molecular weight is 360 g/mol. The van der Waals surface area contributed by atoms with Crippen LogP contribution in [0.4, 0.5) is 5.69 Å². The lowest BCUT2D eigenvalue weighted by Crippen LogP contribution is -2.56. The van der Waals surface area contributed by atoms with E-state index in [4.69, 9.17) is 9.15 Å². The van der Waals surface area contributed by atoms with Crippen LogP contribution in [0.5, 0.6) is 5.75 Å². The fourth-order valence-electron chi connectivity index (χ4n) is 2.22. The van der Waals surface area contributed by atoms with Gasteiger partial charge in [-0.1, -0.05) is 0 Å². The molecule has 0 atom stereocenters. The van der Waals surface area contributed by atoms with Crippen molar-refractivity contribution >= 4 is 23.4 Å². The SMILES string of the molecule is CNC(=O)C(C)(C)NC(=O)C(=O)Nc1ccc(-c2cnco2)c(OC)c1. The van der Waals surface area contributed by atoms with Crippen molar-refractivity contribution in [3.05, 3.63) is 30.8 Å². The highest BCUT2D eigenvalue weighted by atomic mass is 16.5. The number of methoxy groups -OCH3 is 1. The number of anilines is 1. The van der Waals surface area contributed by atoms with Gasteiger partial charge in [-0.2, -0.15) is 0 Å². The van der Waals surface area contributed by atoms with E-state index in [2.05, 4.69) is 20.9 Å². The number of hydrogen-bond acceptors (Lipinski definition) is 6. The van der Waals surface area contributed by atoms with Crippen molar-refractivity contribution in [3.8, 4) is 17.1 Å². The van der Waals surface area contributed by atoms with Gasteiger partial charge in [0.05, 0.1) is 18.9 Å². The number of rotatable bonds is 5. The van der Waals surface area contributed by atoms with E-state index in [0.717, 1.165) is 0 Å². The first-order valence-electron chi connectivity index (χ1n) is 7.71. The lowest BCUT2D eigenvalue weighted by Gasteiger charge is -2.23. The predicted octanol–water partition coefficient (Wildman–Crippen LogP) is 0.929. The highest BCUT2D eigenvalue weighted by Crippen LogP contribution is 2.32. The maximum atomic E-state index is 12.1. The van der Waals surface area contributed by atoms with Crippen molar-refractivity contribution in [2.45, 2.75) is 19.4 Å². The van der Waals surface area contributed by atoms with Crippen LogP contribution in [0, 0.1) is 0 Å². The predicted molar refractivity (Wildman–Crippen MR) is 93.4 cm³/mol. The Bertz CT molecular complexity index is 815. The van der Waals surface area contributed by atoms with Gasteiger partial charge in [-0.3, -0.25) is 14.4 Å². The van der Waals surface area contributed by atoms with Crippen molar-refractivity contribution in [3.63, 3.8) is 0 Å². The summed E-state index contributed by atoms with van der Waals surface area (Å²) in [7, 11) is 2.91. The molecule has 0 bridgehead atoms. The number of aromatic nitrogens is 1. The zero-order chi connectivity index (χ0) is 19.3. The molecule has 0 saturated heterocycles. The molecule has 0 spiro atoms. The third-order valence-electron chi connectivity index (χ3n) is 3.58. The normalized spacial score (nSPS) is 10.8. The standard InChI is InChI=1S/C17H20N4O5/c1-17(2,16(24)18-3)21-15(23)14(22)20-10-5-6-11(12(7-10)25-4)13-8-19-9-26-13/h5-9H,1-4H3,(H,18,24)(H,20,22)(H,21,23). The number of hydrogen-bond donors (Lipinski definition) is 3. The minimum absolute atomic E-state index is 0.350. The molecule has 0 radical (unpaired) electrons. The van der Waals surface area contributed by atoms with Gasteiger partial charge in [0.1, 0.15) is 11.3 Å². The molecule has 2 aromatic rings. The first-order chi connectivity index (χ1) is 12.3. The average Bonchev–Trinajstić information content (AvgIpc) is 3.14. The molecule has 26 heavy (non-hydrogen) atoms. The van der Waals surface area contributed by atoms with Crippen LogP contribution in [-0.2, 0) is 14.4 Å². The van der Waals surface area contributed by atoms with Gasteiger partial charge in [0.25, 0.3) is 0 Å². The molecule has 0 aliphatic carbocycles. The summed E-state index contributed by atoms with van der Waals surface area (Å²) in [4.78, 5) is 39.7. The van der Waals surface area contributed by atoms with E-state index in [1.54, 1.807) is 18.2 Å². The summed E-state index contributed by atoms with van der Waals surface area (Å²) in [6.45, 7) is 2.98. The Labute approximate surface area is 150 Å². The Morgan fingerprint density at radius 2 is 1.92 bits per heavy atom. The molecule has 9 heteroatoms. The summed E-state index contributed by atoms with van der Waals surface area (Å²) in [5.41, 5.74) is -0.229. The minimum atomic E-state index is -1.23. The molecule has 1 aromatic heterocycles. The third-order valence-corrected chi connectivity index (χ3v) is 3.58. The summed E-state index contributed by atoms with van der Waals surface area (Å²) in [6, 6.07) is 4.81. The van der Waals surface area contributed by atoms with E-state index in [0.29, 0.717) is 22.8 Å². The Kier molecular flexibility index (Phi) is 5.61. The van der Waals surface area contributed by atoms with Crippen LogP contribution in [0.3, 0.4) is 0 Å². The number of benzene rings is 1. The highest BCUT2D eigenvalue weighted by Gasteiger charge is 2.30. The number of ether oxygens (including phenoxy) is 1. The highest BCUT2D eigenvalue weighted by molar-refractivity contribution is 6.40. The third kappa shape index (κ3) is 4.18. The van der Waals surface area contributed by atoms with Gasteiger partial charge in [0.2, 0.25) is 5.91 Å². The molecule has 138 valence electrons. The van der Waals surface area contributed by atoms with Crippen LogP contribution < -0.4 is 20.7 Å². The Morgan fingerprint density at radius 3 is 2.50 bits per heavy atom. The monoisotopic (exact) mass is 360 g/mol. The van der Waals surface area contributed by atoms with Crippen molar-refractivity contribution in [1.29, 1.82) is 0 Å². The summed E-state index contributed by atoms with van der Waals surface area (Å²) >= 11 is 0. The van der Waals surface area contributed by atoms with Gasteiger partial charge in [0.15, 0.2) is 12.2 Å². The second-order valence-corrected chi connectivity index (χ2v) is 5.89. The minimum Gasteiger partial charge on any atom is -0.496 e. The van der Waals surface area contributed by atoms with Crippen molar-refractivity contribution in [1.82, 2.24) is 15.6 Å². The number of likely N-dealkylation sites (N-methyl/N-ethyl adjacent to an activating group) is 1. The number of carbonyl (C=O) groups is 3. The second kappa shape index (κ2) is 7.68. The van der Waals surface area contributed by atoms with Gasteiger partial charge in [-0.05, 0) is 26.0 Å². The first-order valence-corrected chi connectivity index (χ1v) is 7.71. The first kappa shape index (κ1) is 19.0. The quantitative estimate of drug-likeness (QED) is 0.682. The fraction of sp³-hybridized carbons (Fsp3) is 0.294. The Hall–Kier alpha value is -3.36. The zero-order valence-electron chi connectivity index (χ0n) is 14.9. The van der Waals surface area contributed by atoms with Gasteiger partial charge < -0.3 is 25.1 Å². The second-order valence-electron chi connectivity index (χ2n) is 5.89. The largest absolute Gasteiger partial charge is 0.496 e. The van der Waals surface area contributed by atoms with Gasteiger partial charge in [-0.25, -0.2) is 4.98 Å².